The maximum absolute atomic E-state index is 12.5. The fourth-order valence-corrected chi connectivity index (χ4v) is 3.18. The summed E-state index contributed by atoms with van der Waals surface area (Å²) in [5, 5.41) is 2.83. The highest BCUT2D eigenvalue weighted by Crippen LogP contribution is 2.19. The molecule has 1 fully saturated rings. The normalized spacial score (nSPS) is 15.2. The molecule has 2 aromatic carbocycles. The predicted molar refractivity (Wildman–Crippen MR) is 111 cm³/mol. The molecule has 2 aromatic rings. The Bertz CT molecular complexity index is 867. The fraction of sp³-hybridized carbons (Fsp3) is 0.318. The van der Waals surface area contributed by atoms with Crippen molar-refractivity contribution in [3.05, 3.63) is 54.6 Å². The van der Waals surface area contributed by atoms with E-state index in [-0.39, 0.29) is 12.5 Å². The van der Waals surface area contributed by atoms with Crippen molar-refractivity contribution < 1.29 is 19.1 Å². The number of benzene rings is 2. The van der Waals surface area contributed by atoms with Gasteiger partial charge in [0.15, 0.2) is 0 Å². The van der Waals surface area contributed by atoms with Gasteiger partial charge < -0.3 is 19.9 Å². The minimum absolute atomic E-state index is 0.191. The molecule has 7 heteroatoms. The zero-order valence-electron chi connectivity index (χ0n) is 16.6. The van der Waals surface area contributed by atoms with Crippen LogP contribution in [0.4, 0.5) is 11.4 Å². The number of nitrogens with zero attached hydrogens (tertiary/aromatic N) is 2. The van der Waals surface area contributed by atoms with Crippen LogP contribution in [0.2, 0.25) is 0 Å². The molecule has 3 amide bonds. The number of carbonyl (C=O) groups excluding carboxylic acids is 3. The Morgan fingerprint density at radius 3 is 2.38 bits per heavy atom. The summed E-state index contributed by atoms with van der Waals surface area (Å²) in [5.41, 5.74) is 1.35. The molecule has 29 heavy (non-hydrogen) atoms. The first-order valence-corrected chi connectivity index (χ1v) is 9.69. The average Bonchev–Trinajstić information content (AvgIpc) is 2.73. The molecule has 0 radical (unpaired) electrons. The Labute approximate surface area is 170 Å². The van der Waals surface area contributed by atoms with Gasteiger partial charge in [-0.3, -0.25) is 14.4 Å². The summed E-state index contributed by atoms with van der Waals surface area (Å²) in [6.07, 6.45) is 0. The number of rotatable bonds is 7. The predicted octanol–water partition coefficient (Wildman–Crippen LogP) is 2.54. The lowest BCUT2D eigenvalue weighted by Crippen LogP contribution is -2.55. The zero-order chi connectivity index (χ0) is 20.8. The molecule has 1 saturated heterocycles. The van der Waals surface area contributed by atoms with Crippen LogP contribution in [0.1, 0.15) is 13.8 Å². The third-order valence-corrected chi connectivity index (χ3v) is 4.75. The Morgan fingerprint density at radius 2 is 1.72 bits per heavy atom. The summed E-state index contributed by atoms with van der Waals surface area (Å²) in [6.45, 7) is 5.21. The van der Waals surface area contributed by atoms with Gasteiger partial charge >= 0.3 is 11.8 Å². The van der Waals surface area contributed by atoms with Crippen LogP contribution < -0.4 is 15.0 Å². The number of nitrogens with one attached hydrogen (secondary N) is 1. The van der Waals surface area contributed by atoms with Crippen LogP contribution in [0.25, 0.3) is 0 Å². The molecule has 1 aliphatic rings. The van der Waals surface area contributed by atoms with E-state index in [0.29, 0.717) is 31.1 Å². The van der Waals surface area contributed by atoms with Crippen LogP contribution in [0.3, 0.4) is 0 Å². The van der Waals surface area contributed by atoms with E-state index in [4.69, 9.17) is 4.74 Å². The molecular weight excluding hydrogens is 370 g/mol. The maximum Gasteiger partial charge on any atom is 0.316 e. The maximum atomic E-state index is 12.5. The number of ether oxygens (including phenoxy) is 1. The van der Waals surface area contributed by atoms with Crippen molar-refractivity contribution in [1.29, 1.82) is 0 Å². The van der Waals surface area contributed by atoms with Crippen LogP contribution in [-0.4, -0.2) is 48.9 Å². The van der Waals surface area contributed by atoms with Crippen LogP contribution >= 0.6 is 0 Å². The van der Waals surface area contributed by atoms with Crippen molar-refractivity contribution in [2.45, 2.75) is 13.8 Å². The van der Waals surface area contributed by atoms with Gasteiger partial charge in [-0.1, -0.05) is 25.1 Å². The lowest BCUT2D eigenvalue weighted by atomic mass is 10.1. The first-order chi connectivity index (χ1) is 14.0. The topological polar surface area (TPSA) is 79.0 Å². The monoisotopic (exact) mass is 395 g/mol. The van der Waals surface area contributed by atoms with Gasteiger partial charge in [-0.25, -0.2) is 0 Å². The lowest BCUT2D eigenvalue weighted by Gasteiger charge is -2.34. The van der Waals surface area contributed by atoms with Gasteiger partial charge in [-0.05, 0) is 43.3 Å². The first-order valence-electron chi connectivity index (χ1n) is 9.69. The van der Waals surface area contributed by atoms with Crippen molar-refractivity contribution in [1.82, 2.24) is 4.90 Å². The number of piperazine rings is 1. The second kappa shape index (κ2) is 9.23. The van der Waals surface area contributed by atoms with Gasteiger partial charge in [-0.2, -0.15) is 0 Å². The summed E-state index contributed by atoms with van der Waals surface area (Å²) in [6, 6.07) is 16.2. The zero-order valence-corrected chi connectivity index (χ0v) is 16.6. The summed E-state index contributed by atoms with van der Waals surface area (Å²) < 4.78 is 5.38. The fourth-order valence-electron chi connectivity index (χ4n) is 3.18. The molecule has 1 N–H and O–H groups in total. The second-order valence-electron chi connectivity index (χ2n) is 6.89. The van der Waals surface area contributed by atoms with Gasteiger partial charge in [0.25, 0.3) is 0 Å². The van der Waals surface area contributed by atoms with E-state index in [1.54, 1.807) is 43.3 Å². The van der Waals surface area contributed by atoms with E-state index in [9.17, 15) is 14.4 Å². The van der Waals surface area contributed by atoms with Crippen molar-refractivity contribution in [2.75, 3.05) is 36.5 Å². The molecule has 0 aliphatic carbocycles. The number of para-hydroxylation sites is 1. The third kappa shape index (κ3) is 4.93. The lowest BCUT2D eigenvalue weighted by molar-refractivity contribution is -0.147. The van der Waals surface area contributed by atoms with Crippen LogP contribution in [0, 0.1) is 5.92 Å². The van der Waals surface area contributed by atoms with E-state index < -0.39 is 17.7 Å². The molecule has 0 saturated carbocycles. The highest BCUT2D eigenvalue weighted by Gasteiger charge is 2.34. The minimum atomic E-state index is -0.583. The quantitative estimate of drug-likeness (QED) is 0.731. The number of hydrogen-bond acceptors (Lipinski definition) is 4. The van der Waals surface area contributed by atoms with E-state index in [0.717, 1.165) is 5.75 Å². The number of amides is 3. The van der Waals surface area contributed by atoms with E-state index in [2.05, 4.69) is 5.32 Å². The second-order valence-corrected chi connectivity index (χ2v) is 6.89. The Morgan fingerprint density at radius 1 is 1.03 bits per heavy atom. The summed E-state index contributed by atoms with van der Waals surface area (Å²) >= 11 is 0. The van der Waals surface area contributed by atoms with Crippen molar-refractivity contribution in [3.8, 4) is 5.75 Å². The van der Waals surface area contributed by atoms with Crippen molar-refractivity contribution >= 4 is 29.1 Å². The first kappa shape index (κ1) is 20.4. The van der Waals surface area contributed by atoms with Gasteiger partial charge in [0.1, 0.15) is 5.75 Å². The summed E-state index contributed by atoms with van der Waals surface area (Å²) in [5.74, 6) is -1.08. The largest absolute Gasteiger partial charge is 0.494 e. The molecular formula is C22H25N3O4. The smallest absolute Gasteiger partial charge is 0.316 e. The van der Waals surface area contributed by atoms with Crippen LogP contribution in [0.5, 0.6) is 5.75 Å². The molecule has 1 heterocycles. The third-order valence-electron chi connectivity index (χ3n) is 4.75. The van der Waals surface area contributed by atoms with Gasteiger partial charge in [0, 0.05) is 31.0 Å². The average molecular weight is 395 g/mol. The molecule has 3 rings (SSSR count). The molecule has 7 nitrogen and oxygen atoms in total. The highest BCUT2D eigenvalue weighted by molar-refractivity contribution is 6.41. The van der Waals surface area contributed by atoms with Crippen molar-refractivity contribution in [3.63, 3.8) is 0 Å². The van der Waals surface area contributed by atoms with Gasteiger partial charge in [0.2, 0.25) is 5.91 Å². The molecule has 1 aliphatic heterocycles. The Balaban J connectivity index is 1.56. The number of anilines is 2. The SMILES string of the molecule is CCOc1ccc(NC(=O)[C@@H](C)CN2CCN(c3ccccc3)C(=O)C2=O)cc1. The summed E-state index contributed by atoms with van der Waals surface area (Å²) in [4.78, 5) is 40.4. The molecule has 0 bridgehead atoms. The standard InChI is InChI=1S/C22H25N3O4/c1-3-29-19-11-9-17(10-12-19)23-20(26)16(2)15-24-13-14-25(22(28)21(24)27)18-7-5-4-6-8-18/h4-12,16H,3,13-15H2,1-2H3,(H,23,26)/t16-/m0/s1. The Hall–Kier alpha value is -3.35. The molecule has 0 spiro atoms. The van der Waals surface area contributed by atoms with E-state index >= 15 is 0 Å². The molecule has 0 unspecified atom stereocenters. The van der Waals surface area contributed by atoms with Crippen LogP contribution in [0.15, 0.2) is 54.6 Å². The van der Waals surface area contributed by atoms with E-state index in [1.807, 2.05) is 25.1 Å². The van der Waals surface area contributed by atoms with E-state index in [1.165, 1.54) is 9.80 Å². The molecule has 0 aromatic heterocycles. The molecule has 1 atom stereocenters. The van der Waals surface area contributed by atoms with Gasteiger partial charge in [0.05, 0.1) is 12.5 Å². The highest BCUT2D eigenvalue weighted by atomic mass is 16.5. The van der Waals surface area contributed by atoms with Crippen molar-refractivity contribution in [2.24, 2.45) is 5.92 Å². The Kier molecular flexibility index (Phi) is 6.49. The number of carbonyl (C=O) groups is 3. The molecule has 152 valence electrons. The van der Waals surface area contributed by atoms with Gasteiger partial charge in [-0.15, -0.1) is 0 Å². The minimum Gasteiger partial charge on any atom is -0.494 e. The van der Waals surface area contributed by atoms with Crippen LogP contribution in [-0.2, 0) is 14.4 Å². The number of hydrogen-bond donors (Lipinski definition) is 1. The summed E-state index contributed by atoms with van der Waals surface area (Å²) in [7, 11) is 0.